The number of rotatable bonds is 6. The standard InChI is InChI=1S/C31H32FN3O3/c1-33-29(36)27-17-23(32)18-35(27,2)31(25-15-21-11-8-12-22(21)16-26(25)34-30(31)37)24-13-6-7-14-28(24)38-19-20-9-4-3-5-10-20/h3-7,9-10,13-16,23,27H,8,11-12,17-19H2,1-2H3,(H-,33,34,36,37)/p+1/t23-,27+,31?,35?/m1/s1. The average molecular weight is 515 g/mol. The van der Waals surface area contributed by atoms with E-state index < -0.39 is 17.8 Å². The zero-order valence-corrected chi connectivity index (χ0v) is 21.8. The molecule has 4 atom stereocenters. The van der Waals surface area contributed by atoms with Gasteiger partial charge in [-0.1, -0.05) is 42.5 Å². The summed E-state index contributed by atoms with van der Waals surface area (Å²) in [7, 11) is 3.42. The van der Waals surface area contributed by atoms with Gasteiger partial charge in [0.15, 0.2) is 12.2 Å². The van der Waals surface area contributed by atoms with Gasteiger partial charge in [-0.25, -0.2) is 4.39 Å². The third-order valence-corrected chi connectivity index (χ3v) is 8.77. The van der Waals surface area contributed by atoms with Crippen molar-refractivity contribution in [1.82, 2.24) is 5.32 Å². The fraction of sp³-hybridized carbons (Fsp3) is 0.355. The molecule has 2 heterocycles. The normalized spacial score (nSPS) is 27.5. The van der Waals surface area contributed by atoms with Crippen LogP contribution in [0.15, 0.2) is 66.7 Å². The highest BCUT2D eigenvalue weighted by molar-refractivity contribution is 6.08. The number of carbonyl (C=O) groups is 2. The van der Waals surface area contributed by atoms with Crippen molar-refractivity contribution >= 4 is 17.5 Å². The van der Waals surface area contributed by atoms with Gasteiger partial charge < -0.3 is 15.4 Å². The summed E-state index contributed by atoms with van der Waals surface area (Å²) in [4.78, 5) is 27.7. The molecular weight excluding hydrogens is 481 g/mol. The number of alkyl halides is 1. The van der Waals surface area contributed by atoms with E-state index in [1.54, 1.807) is 7.05 Å². The van der Waals surface area contributed by atoms with Crippen LogP contribution in [0.1, 0.15) is 40.7 Å². The molecule has 1 fully saturated rings. The van der Waals surface area contributed by atoms with Gasteiger partial charge in [0.25, 0.3) is 11.8 Å². The Bertz CT molecular complexity index is 1410. The van der Waals surface area contributed by atoms with Gasteiger partial charge in [0, 0.05) is 13.5 Å². The molecule has 1 aliphatic carbocycles. The fourth-order valence-corrected chi connectivity index (χ4v) is 7.03. The van der Waals surface area contributed by atoms with Crippen LogP contribution in [0.3, 0.4) is 0 Å². The number of nitrogens with zero attached hydrogens (tertiary/aromatic N) is 1. The van der Waals surface area contributed by atoms with Crippen LogP contribution in [0.2, 0.25) is 0 Å². The van der Waals surface area contributed by atoms with E-state index in [9.17, 15) is 9.59 Å². The van der Waals surface area contributed by atoms with Gasteiger partial charge in [-0.15, -0.1) is 0 Å². The number of benzene rings is 3. The lowest BCUT2D eigenvalue weighted by atomic mass is 9.78. The van der Waals surface area contributed by atoms with Gasteiger partial charge in [0.2, 0.25) is 5.54 Å². The molecule has 2 unspecified atom stereocenters. The van der Waals surface area contributed by atoms with Gasteiger partial charge in [0.05, 0.1) is 23.9 Å². The van der Waals surface area contributed by atoms with Crippen molar-refractivity contribution in [3.63, 3.8) is 0 Å². The highest BCUT2D eigenvalue weighted by Crippen LogP contribution is 2.55. The van der Waals surface area contributed by atoms with E-state index in [0.717, 1.165) is 36.1 Å². The average Bonchev–Trinajstić information content (AvgIpc) is 3.59. The Balaban J connectivity index is 1.59. The molecule has 6 rings (SSSR count). The van der Waals surface area contributed by atoms with Gasteiger partial charge in [-0.3, -0.25) is 14.1 Å². The number of amides is 2. The molecule has 0 aromatic heterocycles. The first kappa shape index (κ1) is 24.6. The third kappa shape index (κ3) is 3.56. The zero-order chi connectivity index (χ0) is 26.5. The lowest BCUT2D eigenvalue weighted by Crippen LogP contribution is -2.68. The van der Waals surface area contributed by atoms with Gasteiger partial charge in [0.1, 0.15) is 18.9 Å². The first-order valence-corrected chi connectivity index (χ1v) is 13.3. The van der Waals surface area contributed by atoms with Crippen molar-refractivity contribution in [3.8, 4) is 5.75 Å². The van der Waals surface area contributed by atoms with E-state index in [1.165, 1.54) is 11.1 Å². The second-order valence-corrected chi connectivity index (χ2v) is 10.9. The van der Waals surface area contributed by atoms with Crippen LogP contribution < -0.4 is 15.4 Å². The van der Waals surface area contributed by atoms with Crippen molar-refractivity contribution in [2.24, 2.45) is 0 Å². The number of quaternary nitrogens is 1. The van der Waals surface area contributed by atoms with Crippen LogP contribution in [0.25, 0.3) is 0 Å². The summed E-state index contributed by atoms with van der Waals surface area (Å²) in [5, 5.41) is 5.88. The molecule has 0 spiro atoms. The minimum atomic E-state index is -1.36. The SMILES string of the molecule is CNC(=O)[C@@H]1C[C@@H](F)C[N+]1(C)C1(c2ccccc2OCc2ccccc2)C(=O)Nc2cc3c(cc21)CCC3. The molecule has 1 saturated heterocycles. The summed E-state index contributed by atoms with van der Waals surface area (Å²) in [5.41, 5.74) is 4.28. The van der Waals surface area contributed by atoms with Crippen molar-refractivity contribution in [1.29, 1.82) is 0 Å². The van der Waals surface area contributed by atoms with Crippen LogP contribution in [0.4, 0.5) is 10.1 Å². The highest BCUT2D eigenvalue weighted by Gasteiger charge is 2.69. The van der Waals surface area contributed by atoms with E-state index in [2.05, 4.69) is 22.8 Å². The predicted molar refractivity (Wildman–Crippen MR) is 144 cm³/mol. The Morgan fingerprint density at radius 2 is 1.79 bits per heavy atom. The molecule has 3 aromatic rings. The molecule has 0 bridgehead atoms. The van der Waals surface area contributed by atoms with Crippen LogP contribution in [-0.4, -0.2) is 49.2 Å². The maximum absolute atomic E-state index is 15.3. The second kappa shape index (κ2) is 9.24. The lowest BCUT2D eigenvalue weighted by molar-refractivity contribution is -0.953. The topological polar surface area (TPSA) is 67.4 Å². The predicted octanol–water partition coefficient (Wildman–Crippen LogP) is 4.25. The third-order valence-electron chi connectivity index (χ3n) is 8.77. The number of hydrogen-bond acceptors (Lipinski definition) is 3. The maximum atomic E-state index is 15.3. The Labute approximate surface area is 222 Å². The van der Waals surface area contributed by atoms with Crippen molar-refractivity contribution in [3.05, 3.63) is 94.5 Å². The van der Waals surface area contributed by atoms with Crippen LogP contribution >= 0.6 is 0 Å². The number of aryl methyl sites for hydroxylation is 2. The summed E-state index contributed by atoms with van der Waals surface area (Å²) < 4.78 is 21.6. The number of fused-ring (bicyclic) bond motifs is 2. The number of ether oxygens (including phenoxy) is 1. The number of halogens is 1. The molecule has 38 heavy (non-hydrogen) atoms. The Kier molecular flexibility index (Phi) is 5.99. The summed E-state index contributed by atoms with van der Waals surface area (Å²) in [5.74, 6) is 0.0340. The largest absolute Gasteiger partial charge is 0.488 e. The van der Waals surface area contributed by atoms with E-state index in [1.807, 2.05) is 61.6 Å². The smallest absolute Gasteiger partial charge is 0.295 e. The molecular formula is C31H33FN3O3+. The maximum Gasteiger partial charge on any atom is 0.295 e. The number of anilines is 1. The Hall–Kier alpha value is -3.71. The molecule has 2 N–H and O–H groups in total. The molecule has 0 saturated carbocycles. The van der Waals surface area contributed by atoms with Crippen molar-refractivity contribution in [2.75, 3.05) is 26.0 Å². The Morgan fingerprint density at radius 3 is 2.55 bits per heavy atom. The van der Waals surface area contributed by atoms with Crippen LogP contribution in [-0.2, 0) is 34.6 Å². The first-order valence-electron chi connectivity index (χ1n) is 13.3. The van der Waals surface area contributed by atoms with Crippen LogP contribution in [0.5, 0.6) is 5.75 Å². The number of hydrogen-bond donors (Lipinski definition) is 2. The molecule has 0 radical (unpaired) electrons. The van der Waals surface area contributed by atoms with Crippen molar-refractivity contribution in [2.45, 2.75) is 50.0 Å². The Morgan fingerprint density at radius 1 is 1.08 bits per heavy atom. The number of para-hydroxylation sites is 1. The molecule has 7 heteroatoms. The molecule has 3 aliphatic rings. The minimum Gasteiger partial charge on any atom is -0.488 e. The number of nitrogens with one attached hydrogen (secondary N) is 2. The summed E-state index contributed by atoms with van der Waals surface area (Å²) in [6.07, 6.45) is 1.81. The number of carbonyl (C=O) groups excluding carboxylic acids is 2. The minimum absolute atomic E-state index is 0.0368. The number of likely N-dealkylation sites (tertiary alicyclic amines) is 1. The first-order chi connectivity index (χ1) is 18.4. The van der Waals surface area contributed by atoms with Gasteiger partial charge >= 0.3 is 0 Å². The summed E-state index contributed by atoms with van der Waals surface area (Å²) >= 11 is 0. The van der Waals surface area contributed by atoms with E-state index >= 15 is 4.39 Å². The summed E-state index contributed by atoms with van der Waals surface area (Å²) in [6.45, 7) is 0.357. The van der Waals surface area contributed by atoms with E-state index in [0.29, 0.717) is 17.9 Å². The van der Waals surface area contributed by atoms with Crippen LogP contribution in [0, 0.1) is 0 Å². The lowest BCUT2D eigenvalue weighted by Gasteiger charge is -2.48. The molecule has 6 nitrogen and oxygen atoms in total. The van der Waals surface area contributed by atoms with Gasteiger partial charge in [-0.05, 0) is 60.2 Å². The molecule has 2 aliphatic heterocycles. The monoisotopic (exact) mass is 514 g/mol. The molecule has 3 aromatic carbocycles. The second-order valence-electron chi connectivity index (χ2n) is 10.9. The summed E-state index contributed by atoms with van der Waals surface area (Å²) in [6, 6.07) is 20.8. The van der Waals surface area contributed by atoms with E-state index in [-0.39, 0.29) is 29.3 Å². The quantitative estimate of drug-likeness (QED) is 0.484. The van der Waals surface area contributed by atoms with Crippen molar-refractivity contribution < 1.29 is 23.2 Å². The zero-order valence-electron chi connectivity index (χ0n) is 21.8. The highest BCUT2D eigenvalue weighted by atomic mass is 19.1. The number of likely N-dealkylation sites (N-methyl/N-ethyl adjacent to an activating group) is 2. The van der Waals surface area contributed by atoms with Gasteiger partial charge in [-0.2, -0.15) is 0 Å². The van der Waals surface area contributed by atoms with E-state index in [4.69, 9.17) is 4.74 Å². The molecule has 2 amide bonds. The fourth-order valence-electron chi connectivity index (χ4n) is 7.03. The molecule has 196 valence electrons.